The molecular formula is C29H31F4N3O. The Hall–Kier alpha value is -3.55. The van der Waals surface area contributed by atoms with E-state index in [1.807, 2.05) is 23.1 Å². The number of alkyl halides is 3. The van der Waals surface area contributed by atoms with Gasteiger partial charge in [0.2, 0.25) is 5.91 Å². The van der Waals surface area contributed by atoms with E-state index in [1.54, 1.807) is 13.0 Å². The molecule has 8 heteroatoms. The van der Waals surface area contributed by atoms with Crippen molar-refractivity contribution in [2.45, 2.75) is 44.8 Å². The largest absolute Gasteiger partial charge is 0.416 e. The number of hydrogen-bond donors (Lipinski definition) is 2. The number of halogens is 4. The first kappa shape index (κ1) is 26.5. The number of hydrogen-bond acceptors (Lipinski definition) is 3. The Morgan fingerprint density at radius 2 is 1.76 bits per heavy atom. The van der Waals surface area contributed by atoms with Crippen LogP contribution in [0.2, 0.25) is 0 Å². The zero-order chi connectivity index (χ0) is 26.6. The molecule has 1 aliphatic rings. The minimum Gasteiger partial charge on any atom is -0.396 e. The molecule has 0 aliphatic carbocycles. The summed E-state index contributed by atoms with van der Waals surface area (Å²) in [5, 5.41) is 2.81. The Balaban J connectivity index is 1.46. The quantitative estimate of drug-likeness (QED) is 0.288. The third-order valence-electron chi connectivity index (χ3n) is 7.11. The van der Waals surface area contributed by atoms with E-state index in [1.165, 1.54) is 29.8 Å². The van der Waals surface area contributed by atoms with Crippen LogP contribution in [0.3, 0.4) is 0 Å². The molecule has 3 aromatic rings. The van der Waals surface area contributed by atoms with Gasteiger partial charge in [0.15, 0.2) is 0 Å². The van der Waals surface area contributed by atoms with Gasteiger partial charge < -0.3 is 16.0 Å². The number of anilines is 2. The molecule has 196 valence electrons. The Kier molecular flexibility index (Phi) is 8.05. The van der Waals surface area contributed by atoms with Gasteiger partial charge in [-0.3, -0.25) is 4.79 Å². The number of carbonyl (C=O) groups excluding carboxylic acids is 1. The molecule has 3 N–H and O–H groups in total. The monoisotopic (exact) mass is 513 g/mol. The second kappa shape index (κ2) is 11.2. The highest BCUT2D eigenvalue weighted by Crippen LogP contribution is 2.35. The van der Waals surface area contributed by atoms with Crippen LogP contribution in [0.1, 0.15) is 47.9 Å². The lowest BCUT2D eigenvalue weighted by molar-refractivity contribution is -0.137. The molecule has 1 amide bonds. The summed E-state index contributed by atoms with van der Waals surface area (Å²) >= 11 is 0. The second-order valence-corrected chi connectivity index (χ2v) is 9.68. The number of benzene rings is 3. The standard InChI is InChI=1S/C29H31F4N3O/c1-19(22-8-10-26(34)25(30)16-22)28(37)35-18-23-7-9-24(29(31,32)33)17-27(23)36-13-11-21(12-14-36)15-20-5-3-2-4-6-20/h2-10,16-17,19,21H,11-15,18,34H2,1H3,(H,35,37). The Labute approximate surface area is 214 Å². The summed E-state index contributed by atoms with van der Waals surface area (Å²) in [5.41, 5.74) is 7.63. The van der Waals surface area contributed by atoms with Gasteiger partial charge in [0.25, 0.3) is 0 Å². The normalized spacial score (nSPS) is 15.4. The molecule has 0 aromatic heterocycles. The van der Waals surface area contributed by atoms with Crippen LogP contribution in [0.25, 0.3) is 0 Å². The molecule has 1 aliphatic heterocycles. The molecule has 0 radical (unpaired) electrons. The Morgan fingerprint density at radius 3 is 2.41 bits per heavy atom. The molecule has 0 spiro atoms. The van der Waals surface area contributed by atoms with E-state index in [0.29, 0.717) is 35.8 Å². The molecule has 1 saturated heterocycles. The van der Waals surface area contributed by atoms with E-state index < -0.39 is 23.5 Å². The fourth-order valence-corrected chi connectivity index (χ4v) is 4.81. The fraction of sp³-hybridized carbons (Fsp3) is 0.345. The first-order chi connectivity index (χ1) is 17.6. The van der Waals surface area contributed by atoms with Crippen LogP contribution in [0.4, 0.5) is 28.9 Å². The average molecular weight is 514 g/mol. The molecule has 37 heavy (non-hydrogen) atoms. The van der Waals surface area contributed by atoms with Crippen LogP contribution in [-0.2, 0) is 23.9 Å². The molecule has 1 unspecified atom stereocenters. The maximum absolute atomic E-state index is 13.8. The van der Waals surface area contributed by atoms with Crippen molar-refractivity contribution in [2.75, 3.05) is 23.7 Å². The number of nitrogens with zero attached hydrogens (tertiary/aromatic N) is 1. The number of nitrogens with one attached hydrogen (secondary N) is 1. The van der Waals surface area contributed by atoms with E-state index >= 15 is 0 Å². The van der Waals surface area contributed by atoms with Crippen molar-refractivity contribution in [3.05, 3.63) is 94.8 Å². The van der Waals surface area contributed by atoms with Gasteiger partial charge in [-0.2, -0.15) is 13.2 Å². The van der Waals surface area contributed by atoms with Gasteiger partial charge in [0.05, 0.1) is 17.2 Å². The third-order valence-corrected chi connectivity index (χ3v) is 7.11. The predicted molar refractivity (Wildman–Crippen MR) is 138 cm³/mol. The zero-order valence-electron chi connectivity index (χ0n) is 20.7. The maximum Gasteiger partial charge on any atom is 0.416 e. The van der Waals surface area contributed by atoms with Crippen LogP contribution in [-0.4, -0.2) is 19.0 Å². The third kappa shape index (κ3) is 6.61. The van der Waals surface area contributed by atoms with Crippen molar-refractivity contribution >= 4 is 17.3 Å². The van der Waals surface area contributed by atoms with Gasteiger partial charge in [-0.25, -0.2) is 4.39 Å². The van der Waals surface area contributed by atoms with E-state index in [4.69, 9.17) is 5.73 Å². The summed E-state index contributed by atoms with van der Waals surface area (Å²) in [5.74, 6) is -1.13. The molecule has 1 fully saturated rings. The van der Waals surface area contributed by atoms with E-state index in [9.17, 15) is 22.4 Å². The number of piperidine rings is 1. The van der Waals surface area contributed by atoms with Crippen molar-refractivity contribution in [1.29, 1.82) is 0 Å². The molecule has 1 heterocycles. The average Bonchev–Trinajstić information content (AvgIpc) is 2.89. The number of nitrogens with two attached hydrogens (primary N) is 1. The molecule has 0 bridgehead atoms. The highest BCUT2D eigenvalue weighted by atomic mass is 19.4. The fourth-order valence-electron chi connectivity index (χ4n) is 4.81. The van der Waals surface area contributed by atoms with Gasteiger partial charge in [0.1, 0.15) is 5.82 Å². The SMILES string of the molecule is CC(C(=O)NCc1ccc(C(F)(F)F)cc1N1CCC(Cc2ccccc2)CC1)c1ccc(N)c(F)c1. The molecule has 4 rings (SSSR count). The van der Waals surface area contributed by atoms with E-state index in [-0.39, 0.29) is 18.1 Å². The molecule has 1 atom stereocenters. The topological polar surface area (TPSA) is 58.4 Å². The number of rotatable bonds is 7. The van der Waals surface area contributed by atoms with Gasteiger partial charge in [-0.1, -0.05) is 42.5 Å². The van der Waals surface area contributed by atoms with Gasteiger partial charge >= 0.3 is 6.18 Å². The Bertz CT molecular complexity index is 1220. The highest BCUT2D eigenvalue weighted by Gasteiger charge is 2.32. The predicted octanol–water partition coefficient (Wildman–Crippen LogP) is 6.31. The lowest BCUT2D eigenvalue weighted by Gasteiger charge is -2.35. The number of carbonyl (C=O) groups is 1. The summed E-state index contributed by atoms with van der Waals surface area (Å²) in [7, 11) is 0. The van der Waals surface area contributed by atoms with Crippen LogP contribution in [0.5, 0.6) is 0 Å². The second-order valence-electron chi connectivity index (χ2n) is 9.68. The summed E-state index contributed by atoms with van der Waals surface area (Å²) < 4.78 is 54.4. The summed E-state index contributed by atoms with van der Waals surface area (Å²) in [6, 6.07) is 18.1. The van der Waals surface area contributed by atoms with Crippen LogP contribution in [0.15, 0.2) is 66.7 Å². The molecule has 3 aromatic carbocycles. The summed E-state index contributed by atoms with van der Waals surface area (Å²) in [6.07, 6.45) is -1.77. The van der Waals surface area contributed by atoms with Gasteiger partial charge in [0, 0.05) is 25.3 Å². The number of amides is 1. The lowest BCUT2D eigenvalue weighted by atomic mass is 9.89. The summed E-state index contributed by atoms with van der Waals surface area (Å²) in [4.78, 5) is 14.8. The van der Waals surface area contributed by atoms with Gasteiger partial charge in [-0.05, 0) is 73.1 Å². The van der Waals surface area contributed by atoms with Crippen molar-refractivity contribution in [1.82, 2.24) is 5.32 Å². The van der Waals surface area contributed by atoms with Crippen molar-refractivity contribution in [3.8, 4) is 0 Å². The minimum atomic E-state index is -4.46. The first-order valence-electron chi connectivity index (χ1n) is 12.4. The molecule has 0 saturated carbocycles. The van der Waals surface area contributed by atoms with Gasteiger partial charge in [-0.15, -0.1) is 0 Å². The van der Waals surface area contributed by atoms with Crippen LogP contribution in [0, 0.1) is 11.7 Å². The molecule has 4 nitrogen and oxygen atoms in total. The van der Waals surface area contributed by atoms with Crippen molar-refractivity contribution in [2.24, 2.45) is 5.92 Å². The maximum atomic E-state index is 13.8. The minimum absolute atomic E-state index is 0.00158. The van der Waals surface area contributed by atoms with E-state index in [2.05, 4.69) is 17.4 Å². The van der Waals surface area contributed by atoms with Crippen LogP contribution >= 0.6 is 0 Å². The van der Waals surface area contributed by atoms with Crippen molar-refractivity contribution in [3.63, 3.8) is 0 Å². The van der Waals surface area contributed by atoms with E-state index in [0.717, 1.165) is 25.3 Å². The highest BCUT2D eigenvalue weighted by molar-refractivity contribution is 5.83. The molecular weight excluding hydrogens is 482 g/mol. The Morgan fingerprint density at radius 1 is 1.05 bits per heavy atom. The smallest absolute Gasteiger partial charge is 0.396 e. The zero-order valence-corrected chi connectivity index (χ0v) is 20.7. The first-order valence-corrected chi connectivity index (χ1v) is 12.4. The number of nitrogen functional groups attached to an aromatic ring is 1. The van der Waals surface area contributed by atoms with Crippen LogP contribution < -0.4 is 16.0 Å². The van der Waals surface area contributed by atoms with Crippen molar-refractivity contribution < 1.29 is 22.4 Å². The summed E-state index contributed by atoms with van der Waals surface area (Å²) in [6.45, 7) is 2.99. The lowest BCUT2D eigenvalue weighted by Crippen LogP contribution is -2.36.